The van der Waals surface area contributed by atoms with Crippen molar-refractivity contribution in [2.45, 2.75) is 13.8 Å². The minimum Gasteiger partial charge on any atom is -0.376 e. The lowest BCUT2D eigenvalue weighted by Gasteiger charge is -2.09. The molecular formula is C10H14N2O2. The second kappa shape index (κ2) is 4.62. The maximum Gasteiger partial charge on any atom is 0.262 e. The Bertz CT molecular complexity index is 337. The molecule has 0 aromatic heterocycles. The zero-order valence-corrected chi connectivity index (χ0v) is 8.29. The summed E-state index contributed by atoms with van der Waals surface area (Å²) < 4.78 is 0. The van der Waals surface area contributed by atoms with Gasteiger partial charge in [0.05, 0.1) is 6.54 Å². The number of anilines is 1. The molecule has 14 heavy (non-hydrogen) atoms. The second-order valence-electron chi connectivity index (χ2n) is 3.14. The van der Waals surface area contributed by atoms with Crippen molar-refractivity contribution >= 4 is 11.6 Å². The van der Waals surface area contributed by atoms with Crippen LogP contribution in [-0.2, 0) is 4.79 Å². The number of amides is 1. The van der Waals surface area contributed by atoms with Crippen molar-refractivity contribution in [3.8, 4) is 0 Å². The van der Waals surface area contributed by atoms with Crippen LogP contribution in [0.5, 0.6) is 0 Å². The van der Waals surface area contributed by atoms with E-state index in [9.17, 15) is 4.79 Å². The molecule has 0 spiro atoms. The van der Waals surface area contributed by atoms with E-state index in [4.69, 9.17) is 5.21 Å². The summed E-state index contributed by atoms with van der Waals surface area (Å²) in [5.41, 5.74) is 4.75. The number of rotatable bonds is 3. The van der Waals surface area contributed by atoms with Gasteiger partial charge in [-0.05, 0) is 31.0 Å². The Morgan fingerprint density at radius 2 is 2.14 bits per heavy atom. The fourth-order valence-electron chi connectivity index (χ4n) is 1.16. The zero-order chi connectivity index (χ0) is 10.6. The van der Waals surface area contributed by atoms with E-state index in [1.807, 2.05) is 32.0 Å². The molecule has 0 fully saturated rings. The monoisotopic (exact) mass is 194 g/mol. The molecule has 0 heterocycles. The summed E-state index contributed by atoms with van der Waals surface area (Å²) in [6.07, 6.45) is 0. The Hall–Kier alpha value is -1.55. The molecule has 1 rings (SSSR count). The Balaban J connectivity index is 2.68. The highest BCUT2D eigenvalue weighted by molar-refractivity contribution is 5.79. The smallest absolute Gasteiger partial charge is 0.262 e. The van der Waals surface area contributed by atoms with Crippen LogP contribution in [0.25, 0.3) is 0 Å². The summed E-state index contributed by atoms with van der Waals surface area (Å²) >= 11 is 0. The van der Waals surface area contributed by atoms with Crippen molar-refractivity contribution < 1.29 is 10.0 Å². The molecular weight excluding hydrogens is 180 g/mol. The third-order valence-electron chi connectivity index (χ3n) is 2.17. The van der Waals surface area contributed by atoms with Gasteiger partial charge in [0.15, 0.2) is 0 Å². The van der Waals surface area contributed by atoms with Crippen molar-refractivity contribution in [3.05, 3.63) is 29.3 Å². The van der Waals surface area contributed by atoms with Crippen molar-refractivity contribution in [1.29, 1.82) is 0 Å². The molecule has 1 amide bonds. The van der Waals surface area contributed by atoms with Gasteiger partial charge in [0.1, 0.15) is 0 Å². The predicted octanol–water partition coefficient (Wildman–Crippen LogP) is 1.22. The van der Waals surface area contributed by atoms with Gasteiger partial charge in [0.25, 0.3) is 5.91 Å². The fraction of sp³-hybridized carbons (Fsp3) is 0.300. The fourth-order valence-corrected chi connectivity index (χ4v) is 1.16. The molecule has 0 aliphatic carbocycles. The molecule has 0 unspecified atom stereocenters. The van der Waals surface area contributed by atoms with Crippen LogP contribution >= 0.6 is 0 Å². The molecule has 0 atom stereocenters. The number of carbonyl (C=O) groups is 1. The molecule has 0 radical (unpaired) electrons. The normalized spacial score (nSPS) is 9.64. The van der Waals surface area contributed by atoms with E-state index in [-0.39, 0.29) is 6.54 Å². The van der Waals surface area contributed by atoms with Crippen LogP contribution in [0.4, 0.5) is 5.69 Å². The summed E-state index contributed by atoms with van der Waals surface area (Å²) in [5, 5.41) is 11.2. The largest absolute Gasteiger partial charge is 0.376 e. The first-order chi connectivity index (χ1) is 6.65. The van der Waals surface area contributed by atoms with E-state index in [0.717, 1.165) is 11.3 Å². The van der Waals surface area contributed by atoms with Crippen molar-refractivity contribution in [2.24, 2.45) is 0 Å². The van der Waals surface area contributed by atoms with Crippen LogP contribution in [0.15, 0.2) is 18.2 Å². The summed E-state index contributed by atoms with van der Waals surface area (Å²) in [4.78, 5) is 10.8. The molecule has 4 heteroatoms. The minimum atomic E-state index is -0.453. The first kappa shape index (κ1) is 10.5. The number of benzene rings is 1. The maximum absolute atomic E-state index is 10.8. The summed E-state index contributed by atoms with van der Waals surface area (Å²) in [6.45, 7) is 4.06. The number of hydroxylamine groups is 1. The van der Waals surface area contributed by atoms with Crippen LogP contribution in [0.3, 0.4) is 0 Å². The Morgan fingerprint density at radius 1 is 1.43 bits per heavy atom. The number of hydrogen-bond donors (Lipinski definition) is 3. The Kier molecular flexibility index (Phi) is 3.48. The Morgan fingerprint density at radius 3 is 2.79 bits per heavy atom. The third-order valence-corrected chi connectivity index (χ3v) is 2.17. The molecule has 0 aliphatic heterocycles. The molecule has 3 N–H and O–H groups in total. The van der Waals surface area contributed by atoms with E-state index in [1.165, 1.54) is 5.56 Å². The molecule has 76 valence electrons. The van der Waals surface area contributed by atoms with Crippen LogP contribution in [-0.4, -0.2) is 17.7 Å². The van der Waals surface area contributed by atoms with Crippen LogP contribution < -0.4 is 10.8 Å². The van der Waals surface area contributed by atoms with Gasteiger partial charge < -0.3 is 5.32 Å². The van der Waals surface area contributed by atoms with E-state index < -0.39 is 5.91 Å². The molecule has 4 nitrogen and oxygen atoms in total. The molecule has 1 aromatic rings. The van der Waals surface area contributed by atoms with Gasteiger partial charge in [-0.15, -0.1) is 0 Å². The van der Waals surface area contributed by atoms with E-state index >= 15 is 0 Å². The highest BCUT2D eigenvalue weighted by atomic mass is 16.5. The zero-order valence-electron chi connectivity index (χ0n) is 8.29. The summed E-state index contributed by atoms with van der Waals surface area (Å²) in [5.74, 6) is -0.453. The van der Waals surface area contributed by atoms with Gasteiger partial charge >= 0.3 is 0 Å². The third kappa shape index (κ3) is 2.47. The standard InChI is InChI=1S/C10H14N2O2/c1-7-4-3-5-9(8(7)2)11-6-10(13)12-14/h3-5,11,14H,6H2,1-2H3,(H,12,13). The average Bonchev–Trinajstić information content (AvgIpc) is 2.20. The second-order valence-corrected chi connectivity index (χ2v) is 3.14. The predicted molar refractivity (Wildman–Crippen MR) is 54.3 cm³/mol. The van der Waals surface area contributed by atoms with Crippen LogP contribution in [0.2, 0.25) is 0 Å². The molecule has 0 bridgehead atoms. The summed E-state index contributed by atoms with van der Waals surface area (Å²) in [6, 6.07) is 5.82. The highest BCUT2D eigenvalue weighted by Crippen LogP contribution is 2.17. The molecule has 1 aromatic carbocycles. The summed E-state index contributed by atoms with van der Waals surface area (Å²) in [7, 11) is 0. The van der Waals surface area contributed by atoms with Crippen molar-refractivity contribution in [1.82, 2.24) is 5.48 Å². The first-order valence-electron chi connectivity index (χ1n) is 4.38. The van der Waals surface area contributed by atoms with E-state index in [1.54, 1.807) is 5.48 Å². The van der Waals surface area contributed by atoms with Gasteiger partial charge in [-0.3, -0.25) is 10.0 Å². The van der Waals surface area contributed by atoms with Gasteiger partial charge in [0, 0.05) is 5.69 Å². The number of aryl methyl sites for hydroxylation is 1. The van der Waals surface area contributed by atoms with Crippen molar-refractivity contribution in [3.63, 3.8) is 0 Å². The van der Waals surface area contributed by atoms with Gasteiger partial charge in [-0.25, -0.2) is 5.48 Å². The molecule has 0 aliphatic rings. The molecule has 0 saturated heterocycles. The molecule has 0 saturated carbocycles. The van der Waals surface area contributed by atoms with Crippen molar-refractivity contribution in [2.75, 3.05) is 11.9 Å². The topological polar surface area (TPSA) is 61.4 Å². The quantitative estimate of drug-likeness (QED) is 0.501. The van der Waals surface area contributed by atoms with Crippen LogP contribution in [0, 0.1) is 13.8 Å². The lowest BCUT2D eigenvalue weighted by atomic mass is 10.1. The first-order valence-corrected chi connectivity index (χ1v) is 4.38. The van der Waals surface area contributed by atoms with Gasteiger partial charge in [-0.2, -0.15) is 0 Å². The lowest BCUT2D eigenvalue weighted by molar-refractivity contribution is -0.127. The SMILES string of the molecule is Cc1cccc(NCC(=O)NO)c1C. The van der Waals surface area contributed by atoms with Gasteiger partial charge in [-0.1, -0.05) is 12.1 Å². The van der Waals surface area contributed by atoms with Crippen LogP contribution in [0.1, 0.15) is 11.1 Å². The number of hydrogen-bond acceptors (Lipinski definition) is 3. The minimum absolute atomic E-state index is 0.0702. The highest BCUT2D eigenvalue weighted by Gasteiger charge is 2.02. The van der Waals surface area contributed by atoms with E-state index in [2.05, 4.69) is 5.32 Å². The van der Waals surface area contributed by atoms with Gasteiger partial charge in [0.2, 0.25) is 0 Å². The lowest BCUT2D eigenvalue weighted by Crippen LogP contribution is -2.26. The average molecular weight is 194 g/mol. The van der Waals surface area contributed by atoms with E-state index in [0.29, 0.717) is 0 Å². The maximum atomic E-state index is 10.8. The number of nitrogens with one attached hydrogen (secondary N) is 2. The number of carbonyl (C=O) groups excluding carboxylic acids is 1. The Labute approximate surface area is 82.9 Å².